The standard InChI is InChI=1S/C22H20N2O2/c1-15-7-9-16(10-8-15)14-26-21-13-17(11-12-20(21)25-2)22-23-18-5-3-4-6-19(18)24-22/h3-13H,14H2,1-2H3,(H,23,24). The van der Waals surface area contributed by atoms with Gasteiger partial charge in [0, 0.05) is 5.56 Å². The first kappa shape index (κ1) is 16.2. The smallest absolute Gasteiger partial charge is 0.162 e. The Kier molecular flexibility index (Phi) is 4.32. The van der Waals surface area contributed by atoms with Gasteiger partial charge in [-0.05, 0) is 42.8 Å². The fraction of sp³-hybridized carbons (Fsp3) is 0.136. The van der Waals surface area contributed by atoms with Crippen molar-refractivity contribution in [2.24, 2.45) is 0 Å². The highest BCUT2D eigenvalue weighted by molar-refractivity contribution is 5.79. The summed E-state index contributed by atoms with van der Waals surface area (Å²) in [7, 11) is 1.65. The maximum Gasteiger partial charge on any atom is 0.162 e. The number of aromatic amines is 1. The Hall–Kier alpha value is -3.27. The average Bonchev–Trinajstić information content (AvgIpc) is 3.11. The lowest BCUT2D eigenvalue weighted by Crippen LogP contribution is -1.98. The van der Waals surface area contributed by atoms with E-state index in [2.05, 4.69) is 41.2 Å². The first-order valence-electron chi connectivity index (χ1n) is 8.54. The number of ether oxygens (including phenoxy) is 2. The van der Waals surface area contributed by atoms with Crippen molar-refractivity contribution < 1.29 is 9.47 Å². The van der Waals surface area contributed by atoms with E-state index >= 15 is 0 Å². The van der Waals surface area contributed by atoms with Crippen molar-refractivity contribution >= 4 is 11.0 Å². The Morgan fingerprint density at radius 1 is 0.923 bits per heavy atom. The van der Waals surface area contributed by atoms with E-state index in [9.17, 15) is 0 Å². The van der Waals surface area contributed by atoms with Crippen LogP contribution in [0.2, 0.25) is 0 Å². The van der Waals surface area contributed by atoms with Crippen LogP contribution in [0, 0.1) is 6.92 Å². The molecule has 0 unspecified atom stereocenters. The number of para-hydroxylation sites is 2. The molecule has 4 nitrogen and oxygen atoms in total. The van der Waals surface area contributed by atoms with Crippen LogP contribution in [-0.2, 0) is 6.61 Å². The number of nitrogens with zero attached hydrogens (tertiary/aromatic N) is 1. The highest BCUT2D eigenvalue weighted by Gasteiger charge is 2.10. The monoisotopic (exact) mass is 344 g/mol. The molecule has 0 aliphatic heterocycles. The first-order valence-corrected chi connectivity index (χ1v) is 8.54. The number of methoxy groups -OCH3 is 1. The highest BCUT2D eigenvalue weighted by atomic mass is 16.5. The predicted molar refractivity (Wildman–Crippen MR) is 104 cm³/mol. The molecule has 1 heterocycles. The van der Waals surface area contributed by atoms with Crippen LogP contribution < -0.4 is 9.47 Å². The lowest BCUT2D eigenvalue weighted by atomic mass is 10.1. The molecule has 0 bridgehead atoms. The zero-order valence-corrected chi connectivity index (χ0v) is 14.8. The van der Waals surface area contributed by atoms with Gasteiger partial charge in [0.05, 0.1) is 18.1 Å². The van der Waals surface area contributed by atoms with Gasteiger partial charge in [-0.1, -0.05) is 42.0 Å². The molecule has 4 aromatic rings. The summed E-state index contributed by atoms with van der Waals surface area (Å²) in [5.74, 6) is 2.22. The SMILES string of the molecule is COc1ccc(-c2nc3ccccc3[nH]2)cc1OCc1ccc(C)cc1. The summed E-state index contributed by atoms with van der Waals surface area (Å²) in [5, 5.41) is 0. The topological polar surface area (TPSA) is 47.1 Å². The summed E-state index contributed by atoms with van der Waals surface area (Å²) in [6.45, 7) is 2.56. The van der Waals surface area contributed by atoms with Crippen LogP contribution in [-0.4, -0.2) is 17.1 Å². The third-order valence-corrected chi connectivity index (χ3v) is 4.34. The van der Waals surface area contributed by atoms with Crippen molar-refractivity contribution in [3.8, 4) is 22.9 Å². The summed E-state index contributed by atoms with van der Waals surface area (Å²) < 4.78 is 11.5. The van der Waals surface area contributed by atoms with E-state index in [4.69, 9.17) is 9.47 Å². The van der Waals surface area contributed by atoms with Gasteiger partial charge in [-0.25, -0.2) is 4.98 Å². The van der Waals surface area contributed by atoms with Crippen molar-refractivity contribution in [1.29, 1.82) is 0 Å². The number of fused-ring (bicyclic) bond motifs is 1. The van der Waals surface area contributed by atoms with Crippen molar-refractivity contribution in [3.05, 3.63) is 77.9 Å². The molecule has 0 atom stereocenters. The summed E-state index contributed by atoms with van der Waals surface area (Å²) in [6, 6.07) is 22.2. The minimum Gasteiger partial charge on any atom is -0.493 e. The van der Waals surface area contributed by atoms with E-state index < -0.39 is 0 Å². The Bertz CT molecular complexity index is 1000. The first-order chi connectivity index (χ1) is 12.7. The summed E-state index contributed by atoms with van der Waals surface area (Å²) in [6.07, 6.45) is 0. The second-order valence-corrected chi connectivity index (χ2v) is 6.24. The minimum atomic E-state index is 0.486. The van der Waals surface area contributed by atoms with E-state index in [1.54, 1.807) is 7.11 Å². The Labute approximate surface area is 152 Å². The van der Waals surface area contributed by atoms with Crippen molar-refractivity contribution in [2.45, 2.75) is 13.5 Å². The molecule has 0 saturated carbocycles. The van der Waals surface area contributed by atoms with Gasteiger partial charge in [0.25, 0.3) is 0 Å². The van der Waals surface area contributed by atoms with Gasteiger partial charge in [-0.3, -0.25) is 0 Å². The van der Waals surface area contributed by atoms with Crippen LogP contribution in [0.25, 0.3) is 22.4 Å². The number of imidazole rings is 1. The maximum atomic E-state index is 6.02. The van der Waals surface area contributed by atoms with E-state index in [0.717, 1.165) is 28.0 Å². The normalized spacial score (nSPS) is 10.8. The van der Waals surface area contributed by atoms with E-state index in [1.807, 2.05) is 42.5 Å². The van der Waals surface area contributed by atoms with Crippen LogP contribution in [0.1, 0.15) is 11.1 Å². The molecule has 1 N–H and O–H groups in total. The number of H-pyrrole nitrogens is 1. The Morgan fingerprint density at radius 2 is 1.73 bits per heavy atom. The molecule has 130 valence electrons. The number of benzene rings is 3. The number of hydrogen-bond acceptors (Lipinski definition) is 3. The number of aryl methyl sites for hydroxylation is 1. The number of rotatable bonds is 5. The molecule has 4 heteroatoms. The number of hydrogen-bond donors (Lipinski definition) is 1. The molecule has 0 aliphatic carbocycles. The molecule has 26 heavy (non-hydrogen) atoms. The lowest BCUT2D eigenvalue weighted by molar-refractivity contribution is 0.284. The summed E-state index contributed by atoms with van der Waals surface area (Å²) in [5.41, 5.74) is 5.27. The Morgan fingerprint density at radius 3 is 2.50 bits per heavy atom. The van der Waals surface area contributed by atoms with Gasteiger partial charge in [0.2, 0.25) is 0 Å². The van der Waals surface area contributed by atoms with Gasteiger partial charge in [0.15, 0.2) is 11.5 Å². The Balaban J connectivity index is 1.63. The van der Waals surface area contributed by atoms with Crippen LogP contribution in [0.15, 0.2) is 66.7 Å². The van der Waals surface area contributed by atoms with Gasteiger partial charge in [-0.15, -0.1) is 0 Å². The lowest BCUT2D eigenvalue weighted by Gasteiger charge is -2.12. The van der Waals surface area contributed by atoms with Gasteiger partial charge < -0.3 is 14.5 Å². The van der Waals surface area contributed by atoms with Gasteiger partial charge in [0.1, 0.15) is 12.4 Å². The maximum absolute atomic E-state index is 6.02. The van der Waals surface area contributed by atoms with E-state index in [-0.39, 0.29) is 0 Å². The highest BCUT2D eigenvalue weighted by Crippen LogP contribution is 2.32. The third kappa shape index (κ3) is 3.26. The second kappa shape index (κ2) is 6.92. The molecule has 0 amide bonds. The molecule has 0 saturated heterocycles. The molecule has 4 rings (SSSR count). The summed E-state index contributed by atoms with van der Waals surface area (Å²) >= 11 is 0. The van der Waals surface area contributed by atoms with Crippen LogP contribution in [0.5, 0.6) is 11.5 Å². The fourth-order valence-corrected chi connectivity index (χ4v) is 2.87. The quantitative estimate of drug-likeness (QED) is 0.546. The average molecular weight is 344 g/mol. The van der Waals surface area contributed by atoms with Crippen molar-refractivity contribution in [3.63, 3.8) is 0 Å². The number of nitrogens with one attached hydrogen (secondary N) is 1. The fourth-order valence-electron chi connectivity index (χ4n) is 2.87. The van der Waals surface area contributed by atoms with Gasteiger partial charge >= 0.3 is 0 Å². The molecule has 1 aromatic heterocycles. The molecular formula is C22H20N2O2. The molecular weight excluding hydrogens is 324 g/mol. The van der Waals surface area contributed by atoms with Gasteiger partial charge in [-0.2, -0.15) is 0 Å². The molecule has 0 aliphatic rings. The molecule has 3 aromatic carbocycles. The van der Waals surface area contributed by atoms with Crippen molar-refractivity contribution in [1.82, 2.24) is 9.97 Å². The number of aromatic nitrogens is 2. The second-order valence-electron chi connectivity index (χ2n) is 6.24. The van der Waals surface area contributed by atoms with E-state index in [0.29, 0.717) is 18.1 Å². The molecule has 0 radical (unpaired) electrons. The molecule has 0 fully saturated rings. The van der Waals surface area contributed by atoms with Crippen LogP contribution in [0.3, 0.4) is 0 Å². The largest absolute Gasteiger partial charge is 0.493 e. The van der Waals surface area contributed by atoms with E-state index in [1.165, 1.54) is 5.56 Å². The summed E-state index contributed by atoms with van der Waals surface area (Å²) in [4.78, 5) is 8.00. The van der Waals surface area contributed by atoms with Crippen LogP contribution in [0.4, 0.5) is 0 Å². The van der Waals surface area contributed by atoms with Crippen LogP contribution >= 0.6 is 0 Å². The molecule has 0 spiro atoms. The zero-order chi connectivity index (χ0) is 17.9. The predicted octanol–water partition coefficient (Wildman–Crippen LogP) is 5.13. The minimum absolute atomic E-state index is 0.486. The third-order valence-electron chi connectivity index (χ3n) is 4.34. The zero-order valence-electron chi connectivity index (χ0n) is 14.8. The van der Waals surface area contributed by atoms with Crippen molar-refractivity contribution in [2.75, 3.05) is 7.11 Å².